The Morgan fingerprint density at radius 3 is 2.36 bits per heavy atom. The van der Waals surface area contributed by atoms with Gasteiger partial charge in [-0.15, -0.1) is 5.48 Å². The summed E-state index contributed by atoms with van der Waals surface area (Å²) < 4.78 is 4.63. The van der Waals surface area contributed by atoms with Gasteiger partial charge in [0.2, 0.25) is 0 Å². The quantitative estimate of drug-likeness (QED) is 0.417. The molecule has 0 aliphatic heterocycles. The van der Waals surface area contributed by atoms with Crippen molar-refractivity contribution in [3.63, 3.8) is 0 Å². The standard InChI is InChI=1S/C9H13NO4/c1-5-7(4)13-9(12)10-14-8(11)6(2)3/h5H,2H2,1,3-4H3,(H,10,12). The number of amides is 1. The van der Waals surface area contributed by atoms with Gasteiger partial charge in [0.15, 0.2) is 0 Å². The topological polar surface area (TPSA) is 64.6 Å². The number of allylic oxidation sites excluding steroid dienone is 2. The Morgan fingerprint density at radius 2 is 1.93 bits per heavy atom. The molecule has 0 fully saturated rings. The van der Waals surface area contributed by atoms with Gasteiger partial charge in [-0.3, -0.25) is 0 Å². The molecule has 0 atom stereocenters. The molecule has 0 rings (SSSR count). The van der Waals surface area contributed by atoms with E-state index in [4.69, 9.17) is 0 Å². The van der Waals surface area contributed by atoms with E-state index in [1.54, 1.807) is 19.9 Å². The Morgan fingerprint density at radius 1 is 1.36 bits per heavy atom. The van der Waals surface area contributed by atoms with E-state index in [2.05, 4.69) is 16.2 Å². The highest BCUT2D eigenvalue weighted by molar-refractivity contribution is 5.87. The molecule has 0 aliphatic carbocycles. The SMILES string of the molecule is C=C(C)C(=O)ONC(=O)OC(C)=CC. The maximum atomic E-state index is 10.9. The predicted octanol–water partition coefficient (Wildman–Crippen LogP) is 1.67. The molecule has 0 heterocycles. The van der Waals surface area contributed by atoms with Crippen molar-refractivity contribution >= 4 is 12.1 Å². The summed E-state index contributed by atoms with van der Waals surface area (Å²) >= 11 is 0. The Labute approximate surface area is 82.3 Å². The van der Waals surface area contributed by atoms with Crippen molar-refractivity contribution in [2.75, 3.05) is 0 Å². The molecule has 0 aromatic rings. The first kappa shape index (κ1) is 12.2. The molecular weight excluding hydrogens is 186 g/mol. The van der Waals surface area contributed by atoms with Crippen molar-refractivity contribution in [2.24, 2.45) is 0 Å². The molecule has 14 heavy (non-hydrogen) atoms. The Kier molecular flexibility index (Phi) is 5.06. The van der Waals surface area contributed by atoms with Gasteiger partial charge in [0, 0.05) is 5.57 Å². The van der Waals surface area contributed by atoms with Crippen molar-refractivity contribution in [1.82, 2.24) is 5.48 Å². The minimum atomic E-state index is -0.852. The van der Waals surface area contributed by atoms with Crippen LogP contribution in [0, 0.1) is 0 Å². The van der Waals surface area contributed by atoms with Crippen LogP contribution in [0.3, 0.4) is 0 Å². The van der Waals surface area contributed by atoms with Gasteiger partial charge in [-0.25, -0.2) is 9.59 Å². The zero-order valence-corrected chi connectivity index (χ0v) is 8.42. The Bertz CT molecular complexity index is 281. The van der Waals surface area contributed by atoms with Gasteiger partial charge < -0.3 is 9.57 Å². The van der Waals surface area contributed by atoms with Crippen molar-refractivity contribution in [1.29, 1.82) is 0 Å². The average molecular weight is 199 g/mol. The second-order valence-electron chi connectivity index (χ2n) is 2.56. The first-order valence-electron chi connectivity index (χ1n) is 3.94. The molecule has 1 N–H and O–H groups in total. The normalized spacial score (nSPS) is 10.4. The van der Waals surface area contributed by atoms with Gasteiger partial charge >= 0.3 is 12.1 Å². The summed E-state index contributed by atoms with van der Waals surface area (Å²) in [5, 5.41) is 0. The van der Waals surface area contributed by atoms with Crippen LogP contribution in [0.1, 0.15) is 20.8 Å². The summed E-state index contributed by atoms with van der Waals surface area (Å²) in [6.45, 7) is 8.11. The molecular formula is C9H13NO4. The molecule has 0 saturated heterocycles. The van der Waals surface area contributed by atoms with E-state index >= 15 is 0 Å². The number of carbonyl (C=O) groups excluding carboxylic acids is 2. The third-order valence-electron chi connectivity index (χ3n) is 1.24. The van der Waals surface area contributed by atoms with Crippen LogP contribution in [0.2, 0.25) is 0 Å². The van der Waals surface area contributed by atoms with Gasteiger partial charge in [0.1, 0.15) is 5.76 Å². The van der Waals surface area contributed by atoms with Gasteiger partial charge in [0.05, 0.1) is 0 Å². The molecule has 0 aromatic heterocycles. The highest BCUT2D eigenvalue weighted by Crippen LogP contribution is 1.95. The number of hydrogen-bond donors (Lipinski definition) is 1. The lowest BCUT2D eigenvalue weighted by molar-refractivity contribution is -0.144. The van der Waals surface area contributed by atoms with Crippen LogP contribution in [-0.2, 0) is 14.4 Å². The van der Waals surface area contributed by atoms with Gasteiger partial charge in [-0.1, -0.05) is 6.58 Å². The van der Waals surface area contributed by atoms with E-state index in [9.17, 15) is 9.59 Å². The number of hydroxylamine groups is 1. The fourth-order valence-electron chi connectivity index (χ4n) is 0.401. The first-order chi connectivity index (χ1) is 6.47. The third-order valence-corrected chi connectivity index (χ3v) is 1.24. The second-order valence-corrected chi connectivity index (χ2v) is 2.56. The van der Waals surface area contributed by atoms with Gasteiger partial charge in [-0.2, -0.15) is 0 Å². The van der Waals surface area contributed by atoms with Crippen LogP contribution in [0.5, 0.6) is 0 Å². The summed E-state index contributed by atoms with van der Waals surface area (Å²) in [5.41, 5.74) is 2.00. The Balaban J connectivity index is 3.86. The summed E-state index contributed by atoms with van der Waals surface area (Å²) in [6, 6.07) is 0. The number of nitrogens with one attached hydrogen (secondary N) is 1. The lowest BCUT2D eigenvalue weighted by Crippen LogP contribution is -2.27. The molecule has 1 amide bonds. The molecule has 0 aromatic carbocycles. The van der Waals surface area contributed by atoms with Crippen molar-refractivity contribution in [3.8, 4) is 0 Å². The van der Waals surface area contributed by atoms with Gasteiger partial charge in [-0.05, 0) is 26.8 Å². The summed E-state index contributed by atoms with van der Waals surface area (Å²) in [6.07, 6.45) is 0.746. The zero-order valence-electron chi connectivity index (χ0n) is 8.42. The molecule has 5 nitrogen and oxygen atoms in total. The molecule has 0 spiro atoms. The number of ether oxygens (including phenoxy) is 1. The van der Waals surface area contributed by atoms with Gasteiger partial charge in [0.25, 0.3) is 0 Å². The zero-order chi connectivity index (χ0) is 11.1. The van der Waals surface area contributed by atoms with E-state index in [-0.39, 0.29) is 5.57 Å². The van der Waals surface area contributed by atoms with E-state index in [0.29, 0.717) is 5.76 Å². The maximum absolute atomic E-state index is 10.9. The van der Waals surface area contributed by atoms with Crippen LogP contribution >= 0.6 is 0 Å². The van der Waals surface area contributed by atoms with Crippen LogP contribution in [0.15, 0.2) is 24.0 Å². The third kappa shape index (κ3) is 4.97. The van der Waals surface area contributed by atoms with Crippen molar-refractivity contribution < 1.29 is 19.2 Å². The maximum Gasteiger partial charge on any atom is 0.445 e. The number of carbonyl (C=O) groups is 2. The molecule has 0 aliphatic rings. The molecule has 0 radical (unpaired) electrons. The fourth-order valence-corrected chi connectivity index (χ4v) is 0.401. The summed E-state index contributed by atoms with van der Waals surface area (Å²) in [5.74, 6) is -0.297. The lowest BCUT2D eigenvalue weighted by atomic mass is 10.4. The minimum Gasteiger partial charge on any atom is -0.413 e. The minimum absolute atomic E-state index is 0.188. The van der Waals surface area contributed by atoms with Crippen LogP contribution in [-0.4, -0.2) is 12.1 Å². The lowest BCUT2D eigenvalue weighted by Gasteiger charge is -2.05. The molecule has 0 unspecified atom stereocenters. The molecule has 0 saturated carbocycles. The van der Waals surface area contributed by atoms with E-state index < -0.39 is 12.1 Å². The van der Waals surface area contributed by atoms with Crippen molar-refractivity contribution in [3.05, 3.63) is 24.0 Å². The molecule has 0 bridgehead atoms. The first-order valence-corrected chi connectivity index (χ1v) is 3.94. The van der Waals surface area contributed by atoms with Crippen LogP contribution in [0.25, 0.3) is 0 Å². The summed E-state index contributed by atoms with van der Waals surface area (Å²) in [4.78, 5) is 26.0. The number of hydrogen-bond acceptors (Lipinski definition) is 4. The monoisotopic (exact) mass is 199 g/mol. The van der Waals surface area contributed by atoms with Crippen molar-refractivity contribution in [2.45, 2.75) is 20.8 Å². The fraction of sp³-hybridized carbons (Fsp3) is 0.333. The van der Waals surface area contributed by atoms with E-state index in [1.807, 2.05) is 5.48 Å². The van der Waals surface area contributed by atoms with Crippen LogP contribution in [0.4, 0.5) is 4.79 Å². The largest absolute Gasteiger partial charge is 0.445 e. The molecule has 5 heteroatoms. The van der Waals surface area contributed by atoms with Crippen LogP contribution < -0.4 is 5.48 Å². The smallest absolute Gasteiger partial charge is 0.413 e. The Hall–Kier alpha value is -1.78. The second kappa shape index (κ2) is 5.80. The predicted molar refractivity (Wildman–Crippen MR) is 50.0 cm³/mol. The molecule has 78 valence electrons. The van der Waals surface area contributed by atoms with E-state index in [1.165, 1.54) is 6.92 Å². The van der Waals surface area contributed by atoms with E-state index in [0.717, 1.165) is 0 Å². The number of rotatable bonds is 2. The average Bonchev–Trinajstić information content (AvgIpc) is 2.13. The highest BCUT2D eigenvalue weighted by Gasteiger charge is 2.07. The highest BCUT2D eigenvalue weighted by atomic mass is 16.7. The summed E-state index contributed by atoms with van der Waals surface area (Å²) in [7, 11) is 0.